The normalized spacial score (nSPS) is 18.0. The number of aromatic nitrogens is 1. The van der Waals surface area contributed by atoms with Gasteiger partial charge < -0.3 is 19.3 Å². The fourth-order valence-electron chi connectivity index (χ4n) is 5.24. The Morgan fingerprint density at radius 2 is 1.82 bits per heavy atom. The Morgan fingerprint density at radius 1 is 0.974 bits per heavy atom. The second kappa shape index (κ2) is 10.6. The van der Waals surface area contributed by atoms with Gasteiger partial charge in [0.25, 0.3) is 0 Å². The Morgan fingerprint density at radius 3 is 2.66 bits per heavy atom. The van der Waals surface area contributed by atoms with Crippen molar-refractivity contribution in [2.24, 2.45) is 4.99 Å². The molecule has 7 heteroatoms. The molecule has 3 aromatic carbocycles. The third-order valence-electron chi connectivity index (χ3n) is 7.26. The van der Waals surface area contributed by atoms with Crippen LogP contribution >= 0.6 is 11.8 Å². The number of aliphatic imine (C=N–C) groups is 1. The average Bonchev–Trinajstić information content (AvgIpc) is 3.66. The van der Waals surface area contributed by atoms with Gasteiger partial charge in [-0.25, -0.2) is 0 Å². The first-order valence-corrected chi connectivity index (χ1v) is 13.9. The van der Waals surface area contributed by atoms with Crippen LogP contribution in [0.2, 0.25) is 0 Å². The minimum atomic E-state index is 0.130. The monoisotopic (exact) mass is 525 g/mol. The van der Waals surface area contributed by atoms with E-state index in [2.05, 4.69) is 59.9 Å². The maximum Gasteiger partial charge on any atom is 0.231 e. The zero-order valence-electron chi connectivity index (χ0n) is 21.9. The molecule has 0 bridgehead atoms. The third kappa shape index (κ3) is 4.90. The molecule has 2 atom stereocenters. The van der Waals surface area contributed by atoms with Gasteiger partial charge in [0.15, 0.2) is 11.5 Å². The average molecular weight is 526 g/mol. The smallest absolute Gasteiger partial charge is 0.231 e. The molecule has 0 fully saturated rings. The quantitative estimate of drug-likeness (QED) is 0.267. The Hall–Kier alpha value is -3.71. The molecule has 1 N–H and O–H groups in total. The summed E-state index contributed by atoms with van der Waals surface area (Å²) in [5.41, 5.74) is 8.06. The van der Waals surface area contributed by atoms with E-state index in [1.165, 1.54) is 16.7 Å². The van der Waals surface area contributed by atoms with Crippen molar-refractivity contribution in [3.8, 4) is 22.8 Å². The van der Waals surface area contributed by atoms with Gasteiger partial charge in [-0.1, -0.05) is 60.6 Å². The van der Waals surface area contributed by atoms with E-state index in [0.717, 1.165) is 64.1 Å². The van der Waals surface area contributed by atoms with Gasteiger partial charge in [0.1, 0.15) is 11.5 Å². The van der Waals surface area contributed by atoms with E-state index < -0.39 is 0 Å². The van der Waals surface area contributed by atoms with Crippen molar-refractivity contribution in [2.75, 3.05) is 19.2 Å². The molecule has 2 unspecified atom stereocenters. The van der Waals surface area contributed by atoms with E-state index in [4.69, 9.17) is 19.0 Å². The molecule has 2 aliphatic heterocycles. The van der Waals surface area contributed by atoms with Gasteiger partial charge in [0, 0.05) is 35.5 Å². The summed E-state index contributed by atoms with van der Waals surface area (Å²) in [5, 5.41) is 9.28. The summed E-state index contributed by atoms with van der Waals surface area (Å²) in [7, 11) is 1.98. The van der Waals surface area contributed by atoms with Gasteiger partial charge in [0.05, 0.1) is 11.1 Å². The van der Waals surface area contributed by atoms with Crippen LogP contribution in [0.1, 0.15) is 41.0 Å². The fraction of sp³-hybridized carbons (Fsp3) is 0.290. The maximum atomic E-state index is 5.60. The van der Waals surface area contributed by atoms with Gasteiger partial charge in [-0.05, 0) is 54.7 Å². The first-order valence-electron chi connectivity index (χ1n) is 13.0. The standard InChI is InChI=1S/C31H31N3O3S/c1-19-25(31(34-37-19)22-7-5-4-6-8-22)12-10-23-17-24(11-13-26(23)32-3)30-20(2)38-29(33-30)16-21-9-14-27-28(15-21)36-18-35-27/h4-9,11,13-15,17,20,30,32H,10,12,16,18H2,1-3H3. The Kier molecular flexibility index (Phi) is 6.85. The molecular weight excluding hydrogens is 494 g/mol. The molecule has 194 valence electrons. The molecule has 0 amide bonds. The van der Waals surface area contributed by atoms with Gasteiger partial charge in [-0.3, -0.25) is 4.99 Å². The summed E-state index contributed by atoms with van der Waals surface area (Å²) < 4.78 is 16.6. The number of anilines is 1. The van der Waals surface area contributed by atoms with Crippen LogP contribution in [-0.4, -0.2) is 29.3 Å². The summed E-state index contributed by atoms with van der Waals surface area (Å²) in [5.74, 6) is 2.52. The molecule has 3 heterocycles. The molecule has 0 spiro atoms. The predicted octanol–water partition coefficient (Wildman–Crippen LogP) is 7.02. The first-order chi connectivity index (χ1) is 18.6. The lowest BCUT2D eigenvalue weighted by Crippen LogP contribution is -2.07. The molecule has 2 aliphatic rings. The predicted molar refractivity (Wildman–Crippen MR) is 154 cm³/mol. The Bertz CT molecular complexity index is 1480. The van der Waals surface area contributed by atoms with Crippen LogP contribution in [0.3, 0.4) is 0 Å². The number of aryl methyl sites for hydroxylation is 2. The topological polar surface area (TPSA) is 68.9 Å². The van der Waals surface area contributed by atoms with E-state index in [1.807, 2.05) is 50.0 Å². The van der Waals surface area contributed by atoms with E-state index in [-0.39, 0.29) is 6.04 Å². The highest BCUT2D eigenvalue weighted by molar-refractivity contribution is 8.14. The summed E-state index contributed by atoms with van der Waals surface area (Å²) in [6.45, 7) is 4.56. The van der Waals surface area contributed by atoms with Crippen LogP contribution in [-0.2, 0) is 19.3 Å². The first kappa shape index (κ1) is 24.6. The second-order valence-electron chi connectivity index (χ2n) is 9.75. The van der Waals surface area contributed by atoms with E-state index >= 15 is 0 Å². The van der Waals surface area contributed by atoms with Crippen LogP contribution in [0.25, 0.3) is 11.3 Å². The lowest BCUT2D eigenvalue weighted by molar-refractivity contribution is 0.174. The highest BCUT2D eigenvalue weighted by atomic mass is 32.2. The highest BCUT2D eigenvalue weighted by Crippen LogP contribution is 2.40. The fourth-order valence-corrected chi connectivity index (χ4v) is 6.44. The number of fused-ring (bicyclic) bond motifs is 1. The molecule has 4 aromatic rings. The molecule has 38 heavy (non-hydrogen) atoms. The summed E-state index contributed by atoms with van der Waals surface area (Å²) in [4.78, 5) is 5.16. The van der Waals surface area contributed by atoms with Crippen LogP contribution in [0, 0.1) is 6.92 Å². The number of ether oxygens (including phenoxy) is 2. The van der Waals surface area contributed by atoms with Crippen molar-refractivity contribution >= 4 is 22.5 Å². The molecule has 6 nitrogen and oxygen atoms in total. The van der Waals surface area contributed by atoms with E-state index in [1.54, 1.807) is 0 Å². The number of rotatable bonds is 8. The van der Waals surface area contributed by atoms with E-state index in [0.29, 0.717) is 12.0 Å². The minimum absolute atomic E-state index is 0.130. The summed E-state index contributed by atoms with van der Waals surface area (Å²) in [6, 6.07) is 23.3. The Labute approximate surface area is 227 Å². The number of hydrogen-bond donors (Lipinski definition) is 1. The van der Waals surface area contributed by atoms with Crippen molar-refractivity contribution in [3.05, 3.63) is 94.7 Å². The highest BCUT2D eigenvalue weighted by Gasteiger charge is 2.29. The zero-order valence-corrected chi connectivity index (χ0v) is 22.7. The van der Waals surface area contributed by atoms with Crippen LogP contribution < -0.4 is 14.8 Å². The Balaban J connectivity index is 1.21. The number of nitrogens with zero attached hydrogens (tertiary/aromatic N) is 2. The van der Waals surface area contributed by atoms with Crippen molar-refractivity contribution in [2.45, 2.75) is 44.4 Å². The van der Waals surface area contributed by atoms with Crippen molar-refractivity contribution in [1.82, 2.24) is 5.16 Å². The second-order valence-corrected chi connectivity index (χ2v) is 11.2. The molecule has 6 rings (SSSR count). The zero-order chi connectivity index (χ0) is 26.1. The molecule has 0 aliphatic carbocycles. The van der Waals surface area contributed by atoms with Crippen molar-refractivity contribution < 1.29 is 14.0 Å². The summed E-state index contributed by atoms with van der Waals surface area (Å²) >= 11 is 1.87. The number of thioether (sulfide) groups is 1. The third-order valence-corrected chi connectivity index (χ3v) is 8.41. The summed E-state index contributed by atoms with van der Waals surface area (Å²) in [6.07, 6.45) is 2.54. The van der Waals surface area contributed by atoms with Gasteiger partial charge in [0.2, 0.25) is 6.79 Å². The van der Waals surface area contributed by atoms with Crippen molar-refractivity contribution in [1.29, 1.82) is 0 Å². The van der Waals surface area contributed by atoms with Crippen LogP contribution in [0.4, 0.5) is 5.69 Å². The van der Waals surface area contributed by atoms with E-state index in [9.17, 15) is 0 Å². The van der Waals surface area contributed by atoms with Crippen LogP contribution in [0.5, 0.6) is 11.5 Å². The molecular formula is C31H31N3O3S. The minimum Gasteiger partial charge on any atom is -0.454 e. The molecule has 1 aromatic heterocycles. The maximum absolute atomic E-state index is 5.60. The van der Waals surface area contributed by atoms with Gasteiger partial charge in [-0.15, -0.1) is 11.8 Å². The number of nitrogens with one attached hydrogen (secondary N) is 1. The number of benzene rings is 3. The van der Waals surface area contributed by atoms with Gasteiger partial charge >= 0.3 is 0 Å². The van der Waals surface area contributed by atoms with Gasteiger partial charge in [-0.2, -0.15) is 0 Å². The lowest BCUT2D eigenvalue weighted by Gasteiger charge is -2.17. The van der Waals surface area contributed by atoms with Crippen LogP contribution in [0.15, 0.2) is 76.2 Å². The lowest BCUT2D eigenvalue weighted by atomic mass is 9.95. The molecule has 0 saturated heterocycles. The SMILES string of the molecule is CNc1ccc(C2N=C(Cc3ccc4c(c3)OCO4)SC2C)cc1CCc1c(-c2ccccc2)noc1C. The molecule has 0 radical (unpaired) electrons. The largest absolute Gasteiger partial charge is 0.454 e. The van der Waals surface area contributed by atoms with Crippen molar-refractivity contribution in [3.63, 3.8) is 0 Å². The molecule has 0 saturated carbocycles. The number of hydrogen-bond acceptors (Lipinski definition) is 7.